The lowest BCUT2D eigenvalue weighted by Gasteiger charge is -2.60. The predicted octanol–water partition coefficient (Wildman–Crippen LogP) is 2.97. The maximum atomic E-state index is 5.96. The van der Waals surface area contributed by atoms with Gasteiger partial charge < -0.3 is 10.1 Å². The van der Waals surface area contributed by atoms with Crippen molar-refractivity contribution < 1.29 is 4.74 Å². The van der Waals surface area contributed by atoms with Crippen LogP contribution < -0.4 is 5.32 Å². The van der Waals surface area contributed by atoms with Crippen LogP contribution in [0.1, 0.15) is 52.9 Å². The third kappa shape index (κ3) is 1.94. The van der Waals surface area contributed by atoms with Crippen molar-refractivity contribution >= 4 is 0 Å². The second kappa shape index (κ2) is 4.24. The molecule has 2 heteroatoms. The van der Waals surface area contributed by atoms with Crippen molar-refractivity contribution in [2.75, 3.05) is 6.61 Å². The van der Waals surface area contributed by atoms with E-state index >= 15 is 0 Å². The fraction of sp³-hybridized carbons (Fsp3) is 1.00. The summed E-state index contributed by atoms with van der Waals surface area (Å²) >= 11 is 0. The van der Waals surface area contributed by atoms with Crippen LogP contribution in [0.4, 0.5) is 0 Å². The van der Waals surface area contributed by atoms with Crippen LogP contribution in [0.25, 0.3) is 0 Å². The lowest BCUT2D eigenvalue weighted by Crippen LogP contribution is -2.69. The molecule has 1 N–H and O–H groups in total. The smallest absolute Gasteiger partial charge is 0.0684 e. The molecule has 2 nitrogen and oxygen atoms in total. The minimum absolute atomic E-state index is 0.352. The van der Waals surface area contributed by atoms with Crippen molar-refractivity contribution in [3.8, 4) is 0 Å². The van der Waals surface area contributed by atoms with Gasteiger partial charge in [-0.3, -0.25) is 0 Å². The summed E-state index contributed by atoms with van der Waals surface area (Å²) in [6.07, 6.45) is 7.33. The molecule has 5 unspecified atom stereocenters. The molecule has 98 valence electrons. The van der Waals surface area contributed by atoms with Crippen molar-refractivity contribution in [2.24, 2.45) is 17.3 Å². The highest BCUT2D eigenvalue weighted by atomic mass is 16.5. The topological polar surface area (TPSA) is 21.3 Å². The first-order valence-corrected chi connectivity index (χ1v) is 7.52. The second-order valence-electron chi connectivity index (χ2n) is 6.95. The van der Waals surface area contributed by atoms with E-state index in [1.807, 2.05) is 0 Å². The molecule has 1 heterocycles. The van der Waals surface area contributed by atoms with Crippen molar-refractivity contribution in [1.82, 2.24) is 5.32 Å². The van der Waals surface area contributed by atoms with Gasteiger partial charge in [-0.2, -0.15) is 0 Å². The highest BCUT2D eigenvalue weighted by molar-refractivity contribution is 5.12. The van der Waals surface area contributed by atoms with Gasteiger partial charge in [0.25, 0.3) is 0 Å². The van der Waals surface area contributed by atoms with Crippen LogP contribution in [0.15, 0.2) is 0 Å². The van der Waals surface area contributed by atoms with Gasteiger partial charge in [0.2, 0.25) is 0 Å². The van der Waals surface area contributed by atoms with Crippen molar-refractivity contribution in [1.29, 1.82) is 0 Å². The highest BCUT2D eigenvalue weighted by Crippen LogP contribution is 2.52. The first-order valence-electron chi connectivity index (χ1n) is 7.52. The van der Waals surface area contributed by atoms with E-state index in [9.17, 15) is 0 Å². The normalized spacial score (nSPS) is 47.1. The number of fused-ring (bicyclic) bond motifs is 1. The molecule has 1 saturated heterocycles. The molecule has 0 radical (unpaired) electrons. The summed E-state index contributed by atoms with van der Waals surface area (Å²) in [6, 6.07) is 1.53. The maximum absolute atomic E-state index is 5.96. The summed E-state index contributed by atoms with van der Waals surface area (Å²) in [7, 11) is 0. The minimum Gasteiger partial charge on any atom is -0.377 e. The third-order valence-corrected chi connectivity index (χ3v) is 5.31. The lowest BCUT2D eigenvalue weighted by atomic mass is 9.55. The van der Waals surface area contributed by atoms with Gasteiger partial charge in [-0.25, -0.2) is 0 Å². The number of nitrogens with one attached hydrogen (secondary N) is 1. The molecular weight excluding hydrogens is 210 g/mol. The average molecular weight is 237 g/mol. The fourth-order valence-corrected chi connectivity index (χ4v) is 4.23. The van der Waals surface area contributed by atoms with Gasteiger partial charge in [0.05, 0.1) is 6.10 Å². The minimum atomic E-state index is 0.352. The van der Waals surface area contributed by atoms with E-state index in [-0.39, 0.29) is 0 Å². The zero-order chi connectivity index (χ0) is 12.0. The summed E-state index contributed by atoms with van der Waals surface area (Å²) < 4.78 is 5.96. The number of hydrogen-bond donors (Lipinski definition) is 1. The molecule has 0 bridgehead atoms. The Hall–Kier alpha value is -0.0800. The zero-order valence-corrected chi connectivity index (χ0v) is 11.5. The molecule has 17 heavy (non-hydrogen) atoms. The second-order valence-corrected chi connectivity index (χ2v) is 6.95. The van der Waals surface area contributed by atoms with E-state index < -0.39 is 0 Å². The molecule has 2 saturated carbocycles. The quantitative estimate of drug-likeness (QED) is 0.811. The molecule has 2 aliphatic carbocycles. The van der Waals surface area contributed by atoms with Gasteiger partial charge in [-0.05, 0) is 31.6 Å². The number of rotatable bonds is 4. The summed E-state index contributed by atoms with van der Waals surface area (Å²) in [4.78, 5) is 0. The van der Waals surface area contributed by atoms with Gasteiger partial charge in [0, 0.05) is 30.0 Å². The maximum Gasteiger partial charge on any atom is 0.0684 e. The molecule has 3 rings (SSSR count). The van der Waals surface area contributed by atoms with Crippen LogP contribution in [0, 0.1) is 17.3 Å². The van der Waals surface area contributed by atoms with Crippen LogP contribution in [0.5, 0.6) is 0 Å². The molecular formula is C15H27NO. The first kappa shape index (κ1) is 12.0. The molecule has 0 aromatic heterocycles. The summed E-state index contributed by atoms with van der Waals surface area (Å²) in [5.41, 5.74) is 0.352. The van der Waals surface area contributed by atoms with Gasteiger partial charge >= 0.3 is 0 Å². The van der Waals surface area contributed by atoms with Crippen molar-refractivity contribution in [3.63, 3.8) is 0 Å². The molecule has 0 aromatic rings. The van der Waals surface area contributed by atoms with Crippen LogP contribution in [-0.2, 0) is 4.74 Å². The summed E-state index contributed by atoms with van der Waals surface area (Å²) in [6.45, 7) is 8.05. The van der Waals surface area contributed by atoms with Gasteiger partial charge in [-0.15, -0.1) is 0 Å². The molecule has 1 aliphatic heterocycles. The third-order valence-electron chi connectivity index (χ3n) is 5.31. The van der Waals surface area contributed by atoms with Crippen LogP contribution >= 0.6 is 0 Å². The van der Waals surface area contributed by atoms with E-state index in [4.69, 9.17) is 4.74 Å². The standard InChI is InChI=1S/C15H27NO/c1-4-6-10-9-12(10)16-13-11-7-5-8-17-14(11)15(13,2)3/h10-14,16H,4-9H2,1-3H3. The summed E-state index contributed by atoms with van der Waals surface area (Å²) in [5, 5.41) is 3.93. The molecule has 0 spiro atoms. The Morgan fingerprint density at radius 3 is 2.94 bits per heavy atom. The van der Waals surface area contributed by atoms with Crippen LogP contribution in [0.2, 0.25) is 0 Å². The Labute approximate surface area is 105 Å². The predicted molar refractivity (Wildman–Crippen MR) is 70.0 cm³/mol. The van der Waals surface area contributed by atoms with E-state index in [0.717, 1.165) is 24.5 Å². The van der Waals surface area contributed by atoms with Crippen molar-refractivity contribution in [2.45, 2.75) is 71.1 Å². The fourth-order valence-electron chi connectivity index (χ4n) is 4.23. The first-order chi connectivity index (χ1) is 8.14. The van der Waals surface area contributed by atoms with Gasteiger partial charge in [0.1, 0.15) is 0 Å². The van der Waals surface area contributed by atoms with Crippen LogP contribution in [-0.4, -0.2) is 24.8 Å². The largest absolute Gasteiger partial charge is 0.377 e. The SMILES string of the molecule is CCCC1CC1NC1C2CCCOC2C1(C)C. The van der Waals surface area contributed by atoms with Gasteiger partial charge in [-0.1, -0.05) is 27.2 Å². The van der Waals surface area contributed by atoms with Crippen molar-refractivity contribution in [3.05, 3.63) is 0 Å². The Kier molecular flexibility index (Phi) is 2.99. The highest BCUT2D eigenvalue weighted by Gasteiger charge is 2.59. The summed E-state index contributed by atoms with van der Waals surface area (Å²) in [5.74, 6) is 1.76. The lowest BCUT2D eigenvalue weighted by molar-refractivity contribution is -0.193. The Morgan fingerprint density at radius 2 is 2.18 bits per heavy atom. The molecule has 3 fully saturated rings. The zero-order valence-electron chi connectivity index (χ0n) is 11.5. The molecule has 0 aromatic carbocycles. The van der Waals surface area contributed by atoms with E-state index in [1.54, 1.807) is 0 Å². The Morgan fingerprint density at radius 1 is 1.35 bits per heavy atom. The van der Waals surface area contributed by atoms with E-state index in [1.165, 1.54) is 32.1 Å². The van der Waals surface area contributed by atoms with Crippen LogP contribution in [0.3, 0.4) is 0 Å². The Balaban J connectivity index is 1.56. The van der Waals surface area contributed by atoms with E-state index in [0.29, 0.717) is 17.6 Å². The van der Waals surface area contributed by atoms with E-state index in [2.05, 4.69) is 26.1 Å². The average Bonchev–Trinajstić information content (AvgIpc) is 3.05. The monoisotopic (exact) mass is 237 g/mol. The molecule has 0 amide bonds. The molecule has 3 aliphatic rings. The van der Waals surface area contributed by atoms with Gasteiger partial charge in [0.15, 0.2) is 0 Å². The molecule has 5 atom stereocenters. The number of ether oxygens (including phenoxy) is 1. The number of hydrogen-bond acceptors (Lipinski definition) is 2. The Bertz CT molecular complexity index is 289.